The van der Waals surface area contributed by atoms with Crippen LogP contribution in [0.25, 0.3) is 0 Å². The Morgan fingerprint density at radius 1 is 0.882 bits per heavy atom. The maximum Gasteiger partial charge on any atom is 0.333 e. The zero-order chi connectivity index (χ0) is 13.3. The predicted molar refractivity (Wildman–Crippen MR) is 66.5 cm³/mol. The zero-order valence-electron chi connectivity index (χ0n) is 10.6. The van der Waals surface area contributed by atoms with E-state index in [1.165, 1.54) is 0 Å². The molecule has 0 unspecified atom stereocenters. The van der Waals surface area contributed by atoms with Gasteiger partial charge in [-0.2, -0.15) is 0 Å². The summed E-state index contributed by atoms with van der Waals surface area (Å²) >= 11 is 0. The second kappa shape index (κ2) is 8.58. The summed E-state index contributed by atoms with van der Waals surface area (Å²) in [4.78, 5) is 11.0. The molecule has 0 amide bonds. The topological polar surface area (TPSA) is 44.8 Å². The Bertz CT molecular complexity index is 275. The molecule has 0 aliphatic carbocycles. The predicted octanol–water partition coefficient (Wildman–Crippen LogP) is 2.23. The summed E-state index contributed by atoms with van der Waals surface area (Å²) in [6.45, 7) is 15.6. The molecule has 0 aliphatic rings. The standard InChI is InChI=1S/C13H20O4/c1-10(2)12(5)16-8-6-15-7-9-17-13(14)11(3)4/h1,3,5-9H2,2,4H3. The molecule has 0 atom stereocenters. The number of allylic oxidation sites excluding steroid dienone is 1. The van der Waals surface area contributed by atoms with Crippen LogP contribution in [0.5, 0.6) is 0 Å². The molecule has 4 heteroatoms. The van der Waals surface area contributed by atoms with Gasteiger partial charge in [0.2, 0.25) is 0 Å². The molecule has 0 bridgehead atoms. The minimum absolute atomic E-state index is 0.215. The molecule has 0 rings (SSSR count). The van der Waals surface area contributed by atoms with Crippen LogP contribution in [0.15, 0.2) is 36.6 Å². The van der Waals surface area contributed by atoms with Crippen molar-refractivity contribution in [3.05, 3.63) is 36.6 Å². The average Bonchev–Trinajstić information content (AvgIpc) is 2.26. The van der Waals surface area contributed by atoms with Gasteiger partial charge in [0.1, 0.15) is 19.0 Å². The molecule has 0 aliphatic heterocycles. The van der Waals surface area contributed by atoms with E-state index < -0.39 is 5.97 Å². The second-order valence-corrected chi connectivity index (χ2v) is 3.58. The summed E-state index contributed by atoms with van der Waals surface area (Å²) in [6, 6.07) is 0. The first-order valence-electron chi connectivity index (χ1n) is 5.33. The summed E-state index contributed by atoms with van der Waals surface area (Å²) in [5, 5.41) is 0. The number of carbonyl (C=O) groups excluding carboxylic acids is 1. The van der Waals surface area contributed by atoms with Gasteiger partial charge in [-0.3, -0.25) is 0 Å². The Morgan fingerprint density at radius 3 is 1.88 bits per heavy atom. The summed E-state index contributed by atoms with van der Waals surface area (Å²) in [6.07, 6.45) is 0. The lowest BCUT2D eigenvalue weighted by molar-refractivity contribution is -0.140. The highest BCUT2D eigenvalue weighted by Gasteiger charge is 2.01. The van der Waals surface area contributed by atoms with Gasteiger partial charge in [0.25, 0.3) is 0 Å². The van der Waals surface area contributed by atoms with E-state index in [0.717, 1.165) is 5.57 Å². The molecule has 0 spiro atoms. The van der Waals surface area contributed by atoms with Crippen molar-refractivity contribution in [1.82, 2.24) is 0 Å². The fourth-order valence-electron chi connectivity index (χ4n) is 0.766. The van der Waals surface area contributed by atoms with E-state index in [0.29, 0.717) is 31.2 Å². The highest BCUT2D eigenvalue weighted by molar-refractivity contribution is 5.86. The highest BCUT2D eigenvalue weighted by Crippen LogP contribution is 2.04. The molecule has 0 heterocycles. The van der Waals surface area contributed by atoms with Crippen molar-refractivity contribution in [3.8, 4) is 0 Å². The first-order chi connectivity index (χ1) is 7.95. The Hall–Kier alpha value is -1.55. The van der Waals surface area contributed by atoms with Gasteiger partial charge < -0.3 is 14.2 Å². The van der Waals surface area contributed by atoms with Gasteiger partial charge in [-0.1, -0.05) is 19.7 Å². The van der Waals surface area contributed by atoms with E-state index in [-0.39, 0.29) is 6.61 Å². The Morgan fingerprint density at radius 2 is 1.41 bits per heavy atom. The largest absolute Gasteiger partial charge is 0.492 e. The van der Waals surface area contributed by atoms with Crippen LogP contribution >= 0.6 is 0 Å². The minimum atomic E-state index is -0.402. The number of hydrogen-bond donors (Lipinski definition) is 0. The van der Waals surface area contributed by atoms with Crippen molar-refractivity contribution in [1.29, 1.82) is 0 Å². The third-order valence-corrected chi connectivity index (χ3v) is 1.79. The third kappa shape index (κ3) is 8.28. The normalized spacial score (nSPS) is 9.53. The van der Waals surface area contributed by atoms with Crippen molar-refractivity contribution in [2.24, 2.45) is 0 Å². The van der Waals surface area contributed by atoms with Crippen molar-refractivity contribution in [2.75, 3.05) is 26.4 Å². The monoisotopic (exact) mass is 240 g/mol. The molecule has 0 aromatic carbocycles. The molecule has 17 heavy (non-hydrogen) atoms. The van der Waals surface area contributed by atoms with Gasteiger partial charge in [0.15, 0.2) is 0 Å². The molecule has 0 radical (unpaired) electrons. The van der Waals surface area contributed by atoms with Crippen LogP contribution in [0.1, 0.15) is 13.8 Å². The summed E-state index contributed by atoms with van der Waals surface area (Å²) in [5.41, 5.74) is 1.17. The lowest BCUT2D eigenvalue weighted by Crippen LogP contribution is -2.13. The molecule has 96 valence electrons. The molecule has 0 aromatic rings. The minimum Gasteiger partial charge on any atom is -0.492 e. The fraction of sp³-hybridized carbons (Fsp3) is 0.462. The Kier molecular flexibility index (Phi) is 7.80. The number of esters is 1. The van der Waals surface area contributed by atoms with Crippen LogP contribution in [0.2, 0.25) is 0 Å². The molecule has 0 aromatic heterocycles. The molecule has 0 N–H and O–H groups in total. The molecule has 0 saturated carbocycles. The van der Waals surface area contributed by atoms with Crippen molar-refractivity contribution < 1.29 is 19.0 Å². The van der Waals surface area contributed by atoms with Crippen LogP contribution in [-0.4, -0.2) is 32.4 Å². The van der Waals surface area contributed by atoms with Gasteiger partial charge in [0, 0.05) is 5.57 Å². The average molecular weight is 240 g/mol. The quantitative estimate of drug-likeness (QED) is 0.204. The molecule has 0 fully saturated rings. The number of rotatable bonds is 9. The van der Waals surface area contributed by atoms with E-state index in [1.807, 2.05) is 6.92 Å². The summed E-state index contributed by atoms with van der Waals surface area (Å²) < 4.78 is 15.3. The van der Waals surface area contributed by atoms with Crippen LogP contribution in [0.3, 0.4) is 0 Å². The second-order valence-electron chi connectivity index (χ2n) is 3.58. The Balaban J connectivity index is 3.36. The molecular formula is C13H20O4. The SMILES string of the molecule is C=C(C)C(=C)OCCOCCOC(=O)C(=C)C. The molecular weight excluding hydrogens is 220 g/mol. The van der Waals surface area contributed by atoms with Crippen LogP contribution < -0.4 is 0 Å². The zero-order valence-corrected chi connectivity index (χ0v) is 10.6. The number of carbonyl (C=O) groups is 1. The first-order valence-corrected chi connectivity index (χ1v) is 5.33. The van der Waals surface area contributed by atoms with E-state index in [9.17, 15) is 4.79 Å². The number of ether oxygens (including phenoxy) is 3. The van der Waals surface area contributed by atoms with Crippen molar-refractivity contribution in [3.63, 3.8) is 0 Å². The van der Waals surface area contributed by atoms with E-state index in [2.05, 4.69) is 19.7 Å². The van der Waals surface area contributed by atoms with E-state index in [1.54, 1.807) is 6.92 Å². The summed E-state index contributed by atoms with van der Waals surface area (Å²) in [7, 11) is 0. The van der Waals surface area contributed by atoms with Crippen LogP contribution in [0, 0.1) is 0 Å². The number of hydrogen-bond acceptors (Lipinski definition) is 4. The van der Waals surface area contributed by atoms with Gasteiger partial charge in [-0.15, -0.1) is 0 Å². The lowest BCUT2D eigenvalue weighted by atomic mass is 10.3. The Labute approximate surface area is 103 Å². The lowest BCUT2D eigenvalue weighted by Gasteiger charge is -2.09. The van der Waals surface area contributed by atoms with E-state index >= 15 is 0 Å². The van der Waals surface area contributed by atoms with Gasteiger partial charge in [-0.05, 0) is 19.4 Å². The smallest absolute Gasteiger partial charge is 0.333 e. The molecule has 0 saturated heterocycles. The van der Waals surface area contributed by atoms with E-state index in [4.69, 9.17) is 14.2 Å². The third-order valence-electron chi connectivity index (χ3n) is 1.79. The maximum absolute atomic E-state index is 11.0. The van der Waals surface area contributed by atoms with Gasteiger partial charge in [-0.25, -0.2) is 4.79 Å². The van der Waals surface area contributed by atoms with Crippen LogP contribution in [-0.2, 0) is 19.0 Å². The van der Waals surface area contributed by atoms with Crippen LogP contribution in [0.4, 0.5) is 0 Å². The van der Waals surface area contributed by atoms with Gasteiger partial charge >= 0.3 is 5.97 Å². The maximum atomic E-state index is 11.0. The van der Waals surface area contributed by atoms with Crippen molar-refractivity contribution >= 4 is 5.97 Å². The van der Waals surface area contributed by atoms with Gasteiger partial charge in [0.05, 0.1) is 13.2 Å². The summed E-state index contributed by atoms with van der Waals surface area (Å²) in [5.74, 6) is 0.155. The fourth-order valence-corrected chi connectivity index (χ4v) is 0.766. The molecule has 4 nitrogen and oxygen atoms in total. The van der Waals surface area contributed by atoms with Crippen molar-refractivity contribution in [2.45, 2.75) is 13.8 Å². The highest BCUT2D eigenvalue weighted by atomic mass is 16.6. The first kappa shape index (κ1) is 15.4.